The van der Waals surface area contributed by atoms with Gasteiger partial charge < -0.3 is 14.6 Å². The van der Waals surface area contributed by atoms with Crippen LogP contribution in [0.2, 0.25) is 10.0 Å². The number of carbonyl (C=O) groups is 4. The number of halogens is 2. The molecule has 9 nitrogen and oxygen atoms in total. The molecule has 1 aliphatic heterocycles. The van der Waals surface area contributed by atoms with Gasteiger partial charge in [-0.05, 0) is 42.0 Å². The first-order valence-electron chi connectivity index (χ1n) is 10.7. The second-order valence-electron chi connectivity index (χ2n) is 7.70. The van der Waals surface area contributed by atoms with E-state index in [1.807, 2.05) is 0 Å². The van der Waals surface area contributed by atoms with E-state index in [1.54, 1.807) is 30.3 Å². The van der Waals surface area contributed by atoms with E-state index in [1.165, 1.54) is 43.5 Å². The van der Waals surface area contributed by atoms with Crippen molar-refractivity contribution < 1.29 is 33.8 Å². The summed E-state index contributed by atoms with van der Waals surface area (Å²) in [5.41, 5.74) is 0.800. The summed E-state index contributed by atoms with van der Waals surface area (Å²) < 4.78 is 11.3. The number of methoxy groups -OCH3 is 1. The monoisotopic (exact) mass is 540 g/mol. The van der Waals surface area contributed by atoms with Crippen molar-refractivity contribution in [3.05, 3.63) is 93.0 Å². The fraction of sp³-hybridized carbons (Fsp3) is 0.0769. The number of urea groups is 1. The molecule has 3 aromatic rings. The maximum absolute atomic E-state index is 13.3. The number of rotatable bonds is 7. The maximum Gasteiger partial charge on any atom is 0.336 e. The van der Waals surface area contributed by atoms with Gasteiger partial charge in [-0.25, -0.2) is 14.5 Å². The van der Waals surface area contributed by atoms with Gasteiger partial charge in [0.2, 0.25) is 0 Å². The minimum Gasteiger partial charge on any atom is -0.493 e. The first-order chi connectivity index (χ1) is 17.7. The Balaban J connectivity index is 1.69. The van der Waals surface area contributed by atoms with Gasteiger partial charge in [0, 0.05) is 5.56 Å². The van der Waals surface area contributed by atoms with E-state index < -0.39 is 23.8 Å². The zero-order valence-electron chi connectivity index (χ0n) is 19.2. The number of nitrogens with zero attached hydrogens (tertiary/aromatic N) is 1. The molecule has 0 aromatic heterocycles. The summed E-state index contributed by atoms with van der Waals surface area (Å²) >= 11 is 12.3. The van der Waals surface area contributed by atoms with E-state index in [9.17, 15) is 19.2 Å². The first-order valence-corrected chi connectivity index (χ1v) is 11.4. The van der Waals surface area contributed by atoms with E-state index in [0.29, 0.717) is 16.9 Å². The normalized spacial score (nSPS) is 14.5. The van der Waals surface area contributed by atoms with Crippen molar-refractivity contribution in [3.8, 4) is 11.5 Å². The minimum absolute atomic E-state index is 0.0157. The van der Waals surface area contributed by atoms with Crippen molar-refractivity contribution >= 4 is 58.8 Å². The van der Waals surface area contributed by atoms with Crippen LogP contribution in [-0.2, 0) is 16.2 Å². The number of benzene rings is 3. The molecule has 1 fully saturated rings. The van der Waals surface area contributed by atoms with Gasteiger partial charge in [0.15, 0.2) is 11.5 Å². The smallest absolute Gasteiger partial charge is 0.336 e. The molecule has 0 radical (unpaired) electrons. The fourth-order valence-corrected chi connectivity index (χ4v) is 3.94. The lowest BCUT2D eigenvalue weighted by Gasteiger charge is -2.27. The van der Waals surface area contributed by atoms with Crippen LogP contribution < -0.4 is 19.7 Å². The molecule has 0 bridgehead atoms. The van der Waals surface area contributed by atoms with Crippen LogP contribution in [0.3, 0.4) is 0 Å². The number of carbonyl (C=O) groups excluding carboxylic acids is 3. The van der Waals surface area contributed by atoms with Gasteiger partial charge in [0.05, 0.1) is 28.4 Å². The van der Waals surface area contributed by atoms with Crippen LogP contribution in [0.1, 0.15) is 21.5 Å². The molecule has 1 aliphatic rings. The number of nitrogens with one attached hydrogen (secondary N) is 1. The summed E-state index contributed by atoms with van der Waals surface area (Å²) in [5.74, 6) is -2.30. The summed E-state index contributed by atoms with van der Waals surface area (Å²) in [6, 6.07) is 14.5. The second kappa shape index (κ2) is 10.7. The van der Waals surface area contributed by atoms with Gasteiger partial charge in [-0.15, -0.1) is 0 Å². The lowest BCUT2D eigenvalue weighted by molar-refractivity contribution is -0.122. The van der Waals surface area contributed by atoms with Crippen molar-refractivity contribution in [3.63, 3.8) is 0 Å². The quantitative estimate of drug-likeness (QED) is 0.321. The number of para-hydroxylation sites is 1. The third-order valence-electron chi connectivity index (χ3n) is 5.39. The standard InChI is InChI=1S/C26H18Cl2N2O7/c1-36-20-7-2-4-16(22(20)37-13-14-8-10-15(11-9-14)25(33)34)12-17-23(31)29-26(35)30(24(17)32)19-6-3-5-18(27)21(19)28/h2-12H,13H2,1H3,(H,33,34)(H,29,31,35)/b17-12+. The third kappa shape index (κ3) is 5.28. The zero-order valence-corrected chi connectivity index (χ0v) is 20.7. The molecule has 0 atom stereocenters. The minimum atomic E-state index is -1.05. The van der Waals surface area contributed by atoms with E-state index in [4.69, 9.17) is 37.8 Å². The fourth-order valence-electron chi connectivity index (χ4n) is 3.56. The summed E-state index contributed by atoms with van der Waals surface area (Å²) in [5, 5.41) is 11.3. The van der Waals surface area contributed by atoms with Gasteiger partial charge in [0.25, 0.3) is 11.8 Å². The highest BCUT2D eigenvalue weighted by Gasteiger charge is 2.38. The van der Waals surface area contributed by atoms with Crippen LogP contribution >= 0.6 is 23.2 Å². The van der Waals surface area contributed by atoms with E-state index >= 15 is 0 Å². The number of amides is 4. The Bertz CT molecular complexity index is 1450. The van der Waals surface area contributed by atoms with E-state index in [2.05, 4.69) is 5.32 Å². The molecule has 3 aromatic carbocycles. The van der Waals surface area contributed by atoms with Gasteiger partial charge in [-0.3, -0.25) is 14.9 Å². The lowest BCUT2D eigenvalue weighted by Crippen LogP contribution is -2.54. The number of imide groups is 2. The molecule has 0 spiro atoms. The summed E-state index contributed by atoms with van der Waals surface area (Å²) in [4.78, 5) is 50.3. The molecule has 0 aliphatic carbocycles. The highest BCUT2D eigenvalue weighted by atomic mass is 35.5. The van der Waals surface area contributed by atoms with E-state index in [-0.39, 0.29) is 39.2 Å². The Morgan fingerprint density at radius 1 is 1.03 bits per heavy atom. The number of hydrogen-bond acceptors (Lipinski definition) is 6. The van der Waals surface area contributed by atoms with Gasteiger partial charge in [0.1, 0.15) is 12.2 Å². The second-order valence-corrected chi connectivity index (χ2v) is 8.49. The van der Waals surface area contributed by atoms with Crippen LogP contribution in [0.15, 0.2) is 66.2 Å². The largest absolute Gasteiger partial charge is 0.493 e. The van der Waals surface area contributed by atoms with E-state index in [0.717, 1.165) is 4.90 Å². The molecule has 0 saturated carbocycles. The summed E-state index contributed by atoms with van der Waals surface area (Å²) in [7, 11) is 1.43. The average Bonchev–Trinajstić information content (AvgIpc) is 2.88. The molecule has 0 unspecified atom stereocenters. The first kappa shape index (κ1) is 25.7. The number of ether oxygens (including phenoxy) is 2. The van der Waals surface area contributed by atoms with Gasteiger partial charge >= 0.3 is 12.0 Å². The third-order valence-corrected chi connectivity index (χ3v) is 6.20. The highest BCUT2D eigenvalue weighted by Crippen LogP contribution is 2.36. The molecule has 4 rings (SSSR count). The predicted molar refractivity (Wildman–Crippen MR) is 136 cm³/mol. The number of carboxylic acids is 1. The molecule has 1 saturated heterocycles. The Labute approximate surface area is 220 Å². The van der Waals surface area contributed by atoms with Crippen molar-refractivity contribution in [1.82, 2.24) is 5.32 Å². The molecular formula is C26H18Cl2N2O7. The van der Waals surface area contributed by atoms with Crippen LogP contribution in [0.4, 0.5) is 10.5 Å². The molecule has 188 valence electrons. The molecule has 4 amide bonds. The van der Waals surface area contributed by atoms with Crippen molar-refractivity contribution in [2.24, 2.45) is 0 Å². The summed E-state index contributed by atoms with van der Waals surface area (Å²) in [6.45, 7) is 0.0410. The Hall–Kier alpha value is -4.34. The number of anilines is 1. The topological polar surface area (TPSA) is 122 Å². The number of aromatic carboxylic acids is 1. The number of barbiturate groups is 1. The maximum atomic E-state index is 13.3. The average molecular weight is 541 g/mol. The van der Waals surface area contributed by atoms with Crippen molar-refractivity contribution in [2.45, 2.75) is 6.61 Å². The highest BCUT2D eigenvalue weighted by molar-refractivity contribution is 6.46. The lowest BCUT2D eigenvalue weighted by atomic mass is 10.1. The van der Waals surface area contributed by atoms with Crippen molar-refractivity contribution in [1.29, 1.82) is 0 Å². The molecule has 37 heavy (non-hydrogen) atoms. The van der Waals surface area contributed by atoms with Crippen LogP contribution in [0.5, 0.6) is 11.5 Å². The molecular weight excluding hydrogens is 523 g/mol. The van der Waals surface area contributed by atoms with Crippen molar-refractivity contribution in [2.75, 3.05) is 12.0 Å². The SMILES string of the molecule is COc1cccc(/C=C2\C(=O)NC(=O)N(c3cccc(Cl)c3Cl)C2=O)c1OCc1ccc(C(=O)O)cc1. The zero-order chi connectivity index (χ0) is 26.7. The number of carboxylic acid groups (broad SMARTS) is 1. The Morgan fingerprint density at radius 3 is 2.41 bits per heavy atom. The molecule has 1 heterocycles. The molecule has 2 N–H and O–H groups in total. The Morgan fingerprint density at radius 2 is 1.73 bits per heavy atom. The van der Waals surface area contributed by atoms with Crippen LogP contribution in [0, 0.1) is 0 Å². The predicted octanol–water partition coefficient (Wildman–Crippen LogP) is 4.95. The van der Waals surface area contributed by atoms with Gasteiger partial charge in [-0.1, -0.05) is 53.5 Å². The summed E-state index contributed by atoms with van der Waals surface area (Å²) in [6.07, 6.45) is 1.28. The Kier molecular flexibility index (Phi) is 7.47. The van der Waals surface area contributed by atoms with Crippen LogP contribution in [-0.4, -0.2) is 36.0 Å². The number of hydrogen-bond donors (Lipinski definition) is 2. The molecule has 11 heteroatoms. The van der Waals surface area contributed by atoms with Gasteiger partial charge in [-0.2, -0.15) is 0 Å². The van der Waals surface area contributed by atoms with Crippen LogP contribution in [0.25, 0.3) is 6.08 Å².